The normalized spacial score (nSPS) is 27.5. The average molecular weight is 426 g/mol. The molecule has 0 unspecified atom stereocenters. The topological polar surface area (TPSA) is 78.0 Å². The summed E-state index contributed by atoms with van der Waals surface area (Å²) in [5, 5.41) is 0.491. The van der Waals surface area contributed by atoms with Gasteiger partial charge in [0.1, 0.15) is 0 Å². The molecular weight excluding hydrogens is 402 g/mol. The highest BCUT2D eigenvalue weighted by atomic mass is 35.5. The minimum Gasteiger partial charge on any atom is -0.342 e. The fourth-order valence-electron chi connectivity index (χ4n) is 5.15. The number of hydrogen-bond acceptors (Lipinski definition) is 4. The summed E-state index contributed by atoms with van der Waals surface area (Å²) in [7, 11) is -1.77. The van der Waals surface area contributed by atoms with Gasteiger partial charge in [-0.05, 0) is 37.1 Å². The number of halogens is 1. The van der Waals surface area contributed by atoms with Gasteiger partial charge in [-0.25, -0.2) is 8.42 Å². The van der Waals surface area contributed by atoms with Crippen molar-refractivity contribution in [3.63, 3.8) is 0 Å². The third-order valence-electron chi connectivity index (χ3n) is 6.81. The molecular formula is C19H24ClN3O4S. The standard InChI is InChI=1S/C19H24ClN3O4S/c1-13(24)22-11-16-17(12-22)19(21(2)18(16)25)7-9-23(10-8-19)28(26,27)15-5-3-14(20)4-6-15/h3-6,16-17H,7-12H2,1-2H3/t16-,17+/m0/s1. The lowest BCUT2D eigenvalue weighted by molar-refractivity contribution is -0.135. The summed E-state index contributed by atoms with van der Waals surface area (Å²) >= 11 is 5.87. The molecule has 3 saturated heterocycles. The van der Waals surface area contributed by atoms with Crippen molar-refractivity contribution in [2.24, 2.45) is 11.8 Å². The van der Waals surface area contributed by atoms with E-state index >= 15 is 0 Å². The van der Waals surface area contributed by atoms with Crippen molar-refractivity contribution in [3.05, 3.63) is 29.3 Å². The van der Waals surface area contributed by atoms with Crippen molar-refractivity contribution in [1.82, 2.24) is 14.1 Å². The van der Waals surface area contributed by atoms with E-state index in [0.717, 1.165) is 0 Å². The molecule has 1 spiro atoms. The van der Waals surface area contributed by atoms with Crippen molar-refractivity contribution in [3.8, 4) is 0 Å². The number of benzene rings is 1. The van der Waals surface area contributed by atoms with Crippen molar-refractivity contribution < 1.29 is 18.0 Å². The molecule has 0 aromatic heterocycles. The zero-order chi connectivity index (χ0) is 20.3. The Morgan fingerprint density at radius 1 is 1.14 bits per heavy atom. The first-order valence-corrected chi connectivity index (χ1v) is 11.3. The Labute approximate surface area is 170 Å². The maximum absolute atomic E-state index is 13.0. The molecule has 0 saturated carbocycles. The molecule has 1 aromatic carbocycles. The maximum atomic E-state index is 13.0. The highest BCUT2D eigenvalue weighted by molar-refractivity contribution is 7.89. The first-order chi connectivity index (χ1) is 13.2. The van der Waals surface area contributed by atoms with E-state index in [2.05, 4.69) is 0 Å². The number of fused-ring (bicyclic) bond motifs is 2. The summed E-state index contributed by atoms with van der Waals surface area (Å²) in [4.78, 5) is 28.4. The fourth-order valence-corrected chi connectivity index (χ4v) is 6.72. The largest absolute Gasteiger partial charge is 0.342 e. The molecule has 9 heteroatoms. The second-order valence-electron chi connectivity index (χ2n) is 8.00. The van der Waals surface area contributed by atoms with E-state index in [-0.39, 0.29) is 34.1 Å². The minimum absolute atomic E-state index is 0.0113. The molecule has 3 fully saturated rings. The zero-order valence-electron chi connectivity index (χ0n) is 16.0. The van der Waals surface area contributed by atoms with Gasteiger partial charge in [0.15, 0.2) is 0 Å². The zero-order valence-corrected chi connectivity index (χ0v) is 17.5. The lowest BCUT2D eigenvalue weighted by Crippen LogP contribution is -2.56. The van der Waals surface area contributed by atoms with Gasteiger partial charge in [-0.1, -0.05) is 11.6 Å². The van der Waals surface area contributed by atoms with Gasteiger partial charge in [-0.3, -0.25) is 9.59 Å². The second kappa shape index (κ2) is 6.71. The number of sulfonamides is 1. The molecule has 0 radical (unpaired) electrons. The van der Waals surface area contributed by atoms with Crippen LogP contribution in [0, 0.1) is 11.8 Å². The van der Waals surface area contributed by atoms with Gasteiger partial charge in [0.05, 0.1) is 16.4 Å². The number of carbonyl (C=O) groups excluding carboxylic acids is 2. The SMILES string of the molecule is CC(=O)N1C[C@@H]2C(=O)N(C)C3(CCN(S(=O)(=O)c4ccc(Cl)cc4)CC3)[C@@H]2C1. The number of carbonyl (C=O) groups is 2. The van der Waals surface area contributed by atoms with Crippen LogP contribution in [-0.2, 0) is 19.6 Å². The van der Waals surface area contributed by atoms with Gasteiger partial charge in [-0.15, -0.1) is 0 Å². The molecule has 2 atom stereocenters. The van der Waals surface area contributed by atoms with Crippen LogP contribution in [0.2, 0.25) is 5.02 Å². The van der Waals surface area contributed by atoms with Gasteiger partial charge in [0, 0.05) is 51.1 Å². The van der Waals surface area contributed by atoms with E-state index in [4.69, 9.17) is 11.6 Å². The first-order valence-electron chi connectivity index (χ1n) is 9.46. The van der Waals surface area contributed by atoms with Crippen LogP contribution in [-0.4, -0.2) is 73.1 Å². The van der Waals surface area contributed by atoms with Gasteiger partial charge in [0.2, 0.25) is 21.8 Å². The molecule has 3 aliphatic heterocycles. The molecule has 152 valence electrons. The third-order valence-corrected chi connectivity index (χ3v) is 8.98. The quantitative estimate of drug-likeness (QED) is 0.718. The molecule has 2 amide bonds. The fraction of sp³-hybridized carbons (Fsp3) is 0.579. The molecule has 0 bridgehead atoms. The van der Waals surface area contributed by atoms with Crippen LogP contribution in [0.4, 0.5) is 0 Å². The summed E-state index contributed by atoms with van der Waals surface area (Å²) in [6.07, 6.45) is 1.16. The van der Waals surface area contributed by atoms with Crippen LogP contribution in [0.15, 0.2) is 29.2 Å². The van der Waals surface area contributed by atoms with Gasteiger partial charge in [-0.2, -0.15) is 4.31 Å². The van der Waals surface area contributed by atoms with Crippen LogP contribution >= 0.6 is 11.6 Å². The molecule has 3 aliphatic rings. The van der Waals surface area contributed by atoms with E-state index < -0.39 is 10.0 Å². The molecule has 7 nitrogen and oxygen atoms in total. The lowest BCUT2D eigenvalue weighted by Gasteiger charge is -2.46. The Balaban J connectivity index is 1.55. The van der Waals surface area contributed by atoms with Crippen molar-refractivity contribution in [1.29, 1.82) is 0 Å². The van der Waals surface area contributed by atoms with E-state index in [1.807, 2.05) is 11.9 Å². The van der Waals surface area contributed by atoms with Crippen LogP contribution < -0.4 is 0 Å². The smallest absolute Gasteiger partial charge is 0.243 e. The number of hydrogen-bond donors (Lipinski definition) is 0. The molecule has 0 aliphatic carbocycles. The predicted molar refractivity (Wildman–Crippen MR) is 104 cm³/mol. The number of likely N-dealkylation sites (tertiary alicyclic amines) is 2. The summed E-state index contributed by atoms with van der Waals surface area (Å²) in [6.45, 7) is 3.28. The summed E-state index contributed by atoms with van der Waals surface area (Å²) in [5.41, 5.74) is -0.377. The van der Waals surface area contributed by atoms with E-state index in [1.165, 1.54) is 23.4 Å². The van der Waals surface area contributed by atoms with E-state index in [1.54, 1.807) is 17.0 Å². The van der Waals surface area contributed by atoms with Gasteiger partial charge < -0.3 is 9.80 Å². The minimum atomic E-state index is -3.60. The number of piperidine rings is 1. The Bertz CT molecular complexity index is 910. The van der Waals surface area contributed by atoms with Crippen LogP contribution in [0.1, 0.15) is 19.8 Å². The first kappa shape index (κ1) is 19.7. The summed E-state index contributed by atoms with van der Waals surface area (Å²) in [6, 6.07) is 6.18. The van der Waals surface area contributed by atoms with Crippen molar-refractivity contribution in [2.75, 3.05) is 33.2 Å². The molecule has 0 N–H and O–H groups in total. The second-order valence-corrected chi connectivity index (χ2v) is 10.4. The summed E-state index contributed by atoms with van der Waals surface area (Å²) < 4.78 is 27.4. The van der Waals surface area contributed by atoms with Crippen molar-refractivity contribution in [2.45, 2.75) is 30.2 Å². The predicted octanol–water partition coefficient (Wildman–Crippen LogP) is 1.43. The van der Waals surface area contributed by atoms with Crippen LogP contribution in [0.25, 0.3) is 0 Å². The van der Waals surface area contributed by atoms with E-state index in [0.29, 0.717) is 44.0 Å². The van der Waals surface area contributed by atoms with Gasteiger partial charge >= 0.3 is 0 Å². The Kier molecular flexibility index (Phi) is 4.71. The third kappa shape index (κ3) is 2.84. The highest BCUT2D eigenvalue weighted by Gasteiger charge is 2.61. The van der Waals surface area contributed by atoms with Gasteiger partial charge in [0.25, 0.3) is 0 Å². The maximum Gasteiger partial charge on any atom is 0.243 e. The molecule has 4 rings (SSSR count). The molecule has 3 heterocycles. The summed E-state index contributed by atoms with van der Waals surface area (Å²) in [5.74, 6) is -0.0480. The number of rotatable bonds is 2. The highest BCUT2D eigenvalue weighted by Crippen LogP contribution is 2.49. The Morgan fingerprint density at radius 3 is 2.32 bits per heavy atom. The Morgan fingerprint density at radius 2 is 1.75 bits per heavy atom. The van der Waals surface area contributed by atoms with Crippen molar-refractivity contribution >= 4 is 33.4 Å². The number of amides is 2. The Hall–Kier alpha value is -1.64. The number of nitrogens with zero attached hydrogens (tertiary/aromatic N) is 3. The lowest BCUT2D eigenvalue weighted by atomic mass is 9.75. The average Bonchev–Trinajstić information content (AvgIpc) is 3.19. The molecule has 1 aromatic rings. The van der Waals surface area contributed by atoms with Crippen LogP contribution in [0.3, 0.4) is 0 Å². The monoisotopic (exact) mass is 425 g/mol. The van der Waals surface area contributed by atoms with Crippen LogP contribution in [0.5, 0.6) is 0 Å². The van der Waals surface area contributed by atoms with E-state index in [9.17, 15) is 18.0 Å². The molecule has 28 heavy (non-hydrogen) atoms.